The van der Waals surface area contributed by atoms with Crippen molar-refractivity contribution in [1.29, 1.82) is 0 Å². The largest absolute Gasteiger partial charge is 0.443 e. The van der Waals surface area contributed by atoms with Crippen LogP contribution in [0.5, 0.6) is 0 Å². The van der Waals surface area contributed by atoms with E-state index in [1.807, 2.05) is 0 Å². The first-order valence-electron chi connectivity index (χ1n) is 16.7. The minimum absolute atomic E-state index is 0.0269. The van der Waals surface area contributed by atoms with Crippen molar-refractivity contribution in [3.05, 3.63) is 0 Å². The molecule has 1 unspecified atom stereocenters. The number of fused-ring (bicyclic) bond motifs is 4. The number of carbonyl (C=O) groups is 1. The summed E-state index contributed by atoms with van der Waals surface area (Å²) in [5.41, 5.74) is 0.464. The van der Waals surface area contributed by atoms with E-state index in [9.17, 15) is 15.0 Å². The molecule has 1 amide bonds. The molecular weight excluding hydrogens is 502 g/mol. The second-order valence-corrected chi connectivity index (χ2v) is 17.0. The second-order valence-electron chi connectivity index (χ2n) is 17.0. The van der Waals surface area contributed by atoms with Gasteiger partial charge < -0.3 is 24.6 Å². The van der Waals surface area contributed by atoms with Crippen LogP contribution in [0.15, 0.2) is 0 Å². The lowest BCUT2D eigenvalue weighted by atomic mass is 9.41. The van der Waals surface area contributed by atoms with Gasteiger partial charge in [-0.2, -0.15) is 0 Å². The van der Waals surface area contributed by atoms with Crippen LogP contribution in [0.4, 0.5) is 4.79 Å². The highest BCUT2D eigenvalue weighted by molar-refractivity contribution is 5.68. The van der Waals surface area contributed by atoms with Gasteiger partial charge in [0.15, 0.2) is 0 Å². The number of ether oxygens (including phenoxy) is 2. The van der Waals surface area contributed by atoms with E-state index in [4.69, 9.17) is 9.47 Å². The first kappa shape index (κ1) is 28.0. The van der Waals surface area contributed by atoms with E-state index in [0.29, 0.717) is 34.5 Å². The Morgan fingerprint density at radius 1 is 0.975 bits per heavy atom. The first-order valence-corrected chi connectivity index (χ1v) is 16.7. The van der Waals surface area contributed by atoms with E-state index in [1.165, 1.54) is 19.3 Å². The van der Waals surface area contributed by atoms with E-state index >= 15 is 0 Å². The minimum Gasteiger partial charge on any atom is -0.443 e. The molecule has 40 heavy (non-hydrogen) atoms. The fourth-order valence-corrected chi connectivity index (χ4v) is 12.9. The molecule has 2 spiro atoms. The Balaban J connectivity index is 1.18. The van der Waals surface area contributed by atoms with Crippen molar-refractivity contribution >= 4 is 6.09 Å². The molecule has 5 saturated carbocycles. The normalized spacial score (nSPS) is 54.7. The van der Waals surface area contributed by atoms with Gasteiger partial charge >= 0.3 is 6.09 Å². The van der Waals surface area contributed by atoms with Gasteiger partial charge in [0.1, 0.15) is 6.10 Å². The fraction of sp³-hybridized carbons (Fsp3) is 0.971. The Morgan fingerprint density at radius 3 is 2.30 bits per heavy atom. The highest BCUT2D eigenvalue weighted by atomic mass is 16.6. The van der Waals surface area contributed by atoms with Crippen molar-refractivity contribution in [3.63, 3.8) is 0 Å². The molecule has 6 nitrogen and oxygen atoms in total. The van der Waals surface area contributed by atoms with Gasteiger partial charge in [-0.25, -0.2) is 4.79 Å². The van der Waals surface area contributed by atoms with E-state index in [1.54, 1.807) is 4.90 Å². The molecular formula is C34H55NO5. The number of hydrogen-bond acceptors (Lipinski definition) is 5. The predicted molar refractivity (Wildman–Crippen MR) is 153 cm³/mol. The Morgan fingerprint density at radius 2 is 1.65 bits per heavy atom. The van der Waals surface area contributed by atoms with Crippen LogP contribution >= 0.6 is 0 Å². The number of likely N-dealkylation sites (tertiary alicyclic amines) is 1. The summed E-state index contributed by atoms with van der Waals surface area (Å²) < 4.78 is 13.1. The van der Waals surface area contributed by atoms with Gasteiger partial charge in [-0.05, 0) is 109 Å². The van der Waals surface area contributed by atoms with Gasteiger partial charge in [-0.3, -0.25) is 0 Å². The zero-order valence-electron chi connectivity index (χ0n) is 26.1. The summed E-state index contributed by atoms with van der Waals surface area (Å²) in [6, 6.07) is 0. The van der Waals surface area contributed by atoms with Crippen LogP contribution in [0, 0.1) is 56.7 Å². The smallest absolute Gasteiger partial charge is 0.410 e. The number of amides is 1. The maximum absolute atomic E-state index is 12.8. The lowest BCUT2D eigenvalue weighted by Gasteiger charge is -2.63. The third kappa shape index (κ3) is 3.20. The Labute approximate surface area is 241 Å². The lowest BCUT2D eigenvalue weighted by molar-refractivity contribution is -0.185. The van der Waals surface area contributed by atoms with Crippen LogP contribution in [0.2, 0.25) is 0 Å². The van der Waals surface area contributed by atoms with Crippen molar-refractivity contribution in [1.82, 2.24) is 4.90 Å². The van der Waals surface area contributed by atoms with Gasteiger partial charge in [-0.15, -0.1) is 0 Å². The summed E-state index contributed by atoms with van der Waals surface area (Å²) in [4.78, 5) is 14.6. The molecule has 0 aromatic carbocycles. The van der Waals surface area contributed by atoms with E-state index in [0.717, 1.165) is 51.6 Å². The highest BCUT2D eigenvalue weighted by Crippen LogP contribution is 2.89. The molecule has 2 aliphatic heterocycles. The molecule has 7 fully saturated rings. The number of rotatable bonds is 3. The minimum atomic E-state index is -0.509. The summed E-state index contributed by atoms with van der Waals surface area (Å²) in [5, 5.41) is 23.4. The standard InChI is InChI=1S/C34H55NO5/c1-19(2)26(40-29(38)35-15-8-16-35)21-17-20(3)25-27(39-21)28(37)32(7)23-10-9-22-30(4,5)24(36)11-12-33(22)18-34(23,33)14-13-31(25,32)6/h19-28,36-37H,8-18H2,1-7H3/t20-,21-,22+,23+,24+,25+,26-,27+,28+,31-,32-,33?,34+/m1/s1. The number of aliphatic hydroxyl groups is 2. The Bertz CT molecular complexity index is 1060. The quantitative estimate of drug-likeness (QED) is 0.443. The van der Waals surface area contributed by atoms with Gasteiger partial charge in [0, 0.05) is 18.5 Å². The zero-order chi connectivity index (χ0) is 28.6. The second kappa shape index (κ2) is 8.62. The van der Waals surface area contributed by atoms with E-state index in [-0.39, 0.29) is 52.7 Å². The monoisotopic (exact) mass is 557 g/mol. The molecule has 7 aliphatic rings. The number of carbonyl (C=O) groups excluding carboxylic acids is 1. The molecule has 5 aliphatic carbocycles. The molecule has 2 saturated heterocycles. The van der Waals surface area contributed by atoms with Crippen molar-refractivity contribution in [3.8, 4) is 0 Å². The average molecular weight is 558 g/mol. The molecule has 0 radical (unpaired) electrons. The maximum atomic E-state index is 12.8. The molecule has 13 atom stereocenters. The summed E-state index contributed by atoms with van der Waals surface area (Å²) in [6.07, 6.45) is 8.46. The summed E-state index contributed by atoms with van der Waals surface area (Å²) >= 11 is 0. The average Bonchev–Trinajstić information content (AvgIpc) is 3.48. The topological polar surface area (TPSA) is 79.2 Å². The molecule has 0 bridgehead atoms. The fourth-order valence-electron chi connectivity index (χ4n) is 12.9. The molecule has 6 heteroatoms. The van der Waals surface area contributed by atoms with Crippen LogP contribution in [-0.4, -0.2) is 64.8 Å². The molecule has 0 aromatic heterocycles. The molecule has 226 valence electrons. The highest BCUT2D eigenvalue weighted by Gasteiger charge is 2.84. The van der Waals surface area contributed by atoms with Gasteiger partial charge in [0.2, 0.25) is 0 Å². The Kier molecular flexibility index (Phi) is 6.02. The van der Waals surface area contributed by atoms with Gasteiger partial charge in [0.05, 0.1) is 24.4 Å². The molecule has 0 aromatic rings. The summed E-state index contributed by atoms with van der Waals surface area (Å²) in [6.45, 7) is 17.8. The van der Waals surface area contributed by atoms with Crippen molar-refractivity contribution < 1.29 is 24.5 Å². The van der Waals surface area contributed by atoms with Crippen LogP contribution < -0.4 is 0 Å². The lowest BCUT2D eigenvalue weighted by Crippen LogP contribution is -2.59. The molecule has 7 rings (SSSR count). The first-order chi connectivity index (χ1) is 18.7. The number of aliphatic hydroxyl groups excluding tert-OH is 2. The van der Waals surface area contributed by atoms with Gasteiger partial charge in [0.25, 0.3) is 0 Å². The summed E-state index contributed by atoms with van der Waals surface area (Å²) in [7, 11) is 0. The maximum Gasteiger partial charge on any atom is 0.410 e. The van der Waals surface area contributed by atoms with Crippen LogP contribution in [0.3, 0.4) is 0 Å². The van der Waals surface area contributed by atoms with Crippen LogP contribution in [0.25, 0.3) is 0 Å². The summed E-state index contributed by atoms with van der Waals surface area (Å²) in [5.74, 6) is 1.96. The van der Waals surface area contributed by atoms with Crippen molar-refractivity contribution in [2.24, 2.45) is 56.7 Å². The van der Waals surface area contributed by atoms with Crippen LogP contribution in [0.1, 0.15) is 106 Å². The molecule has 2 N–H and O–H groups in total. The SMILES string of the molecule is CC(C)[C@@H](OC(=O)N1CCC1)[C@H]1C[C@@H](C)[C@H]2[C@H](O1)[C@H](O)[C@@]1(C)[C@@H]3CC[C@H]4C(C)(C)[C@@H](O)CCC45C[C@@]35CC[C@]21C. The third-order valence-corrected chi connectivity index (χ3v) is 15.2. The molecule has 2 heterocycles. The van der Waals surface area contributed by atoms with Gasteiger partial charge in [-0.1, -0.05) is 48.5 Å². The van der Waals surface area contributed by atoms with E-state index < -0.39 is 6.10 Å². The van der Waals surface area contributed by atoms with Crippen molar-refractivity contribution in [2.75, 3.05) is 13.1 Å². The Hall–Kier alpha value is -0.850. The number of hydrogen-bond donors (Lipinski definition) is 2. The number of nitrogens with zero attached hydrogens (tertiary/aromatic N) is 1. The van der Waals surface area contributed by atoms with Crippen molar-refractivity contribution in [2.45, 2.75) is 137 Å². The van der Waals surface area contributed by atoms with Crippen LogP contribution in [-0.2, 0) is 9.47 Å². The third-order valence-electron chi connectivity index (χ3n) is 15.2. The zero-order valence-corrected chi connectivity index (χ0v) is 26.1. The van der Waals surface area contributed by atoms with E-state index in [2.05, 4.69) is 48.5 Å². The predicted octanol–water partition coefficient (Wildman–Crippen LogP) is 6.03.